The Morgan fingerprint density at radius 1 is 1.41 bits per heavy atom. The summed E-state index contributed by atoms with van der Waals surface area (Å²) >= 11 is 0. The highest BCUT2D eigenvalue weighted by molar-refractivity contribution is 5.57. The van der Waals surface area contributed by atoms with Crippen LogP contribution in [-0.2, 0) is 4.74 Å². The summed E-state index contributed by atoms with van der Waals surface area (Å²) in [6.07, 6.45) is 1.95. The van der Waals surface area contributed by atoms with E-state index >= 15 is 0 Å². The van der Waals surface area contributed by atoms with Crippen LogP contribution < -0.4 is 10.1 Å². The number of nitrogens with one attached hydrogen (secondary N) is 1. The predicted molar refractivity (Wildman–Crippen MR) is 65.0 cm³/mol. The molecule has 0 bridgehead atoms. The number of ether oxygens (including phenoxy) is 2. The van der Waals surface area contributed by atoms with E-state index in [-0.39, 0.29) is 5.82 Å². The van der Waals surface area contributed by atoms with Gasteiger partial charge < -0.3 is 14.8 Å². The molecule has 1 saturated heterocycles. The molecule has 94 valence electrons. The van der Waals surface area contributed by atoms with Gasteiger partial charge in [-0.2, -0.15) is 0 Å². The first kappa shape index (κ1) is 12.2. The summed E-state index contributed by atoms with van der Waals surface area (Å²) in [4.78, 5) is 0. The molecule has 0 saturated carbocycles. The number of hydrogen-bond donors (Lipinski definition) is 1. The predicted octanol–water partition coefficient (Wildman–Crippen LogP) is 2.82. The van der Waals surface area contributed by atoms with E-state index in [1.807, 2.05) is 6.92 Å². The standard InChI is InChI=1S/C13H18FNO2/c1-2-17-13-9-10(14)3-4-12(13)15-11-5-7-16-8-6-11/h3-4,9,11,15H,2,5-8H2,1H3. The van der Waals surface area contributed by atoms with Crippen molar-refractivity contribution in [1.82, 2.24) is 0 Å². The highest BCUT2D eigenvalue weighted by Gasteiger charge is 2.15. The molecule has 2 rings (SSSR count). The number of benzene rings is 1. The molecule has 17 heavy (non-hydrogen) atoms. The fraction of sp³-hybridized carbons (Fsp3) is 0.538. The first-order valence-electron chi connectivity index (χ1n) is 6.06. The van der Waals surface area contributed by atoms with E-state index in [2.05, 4.69) is 5.32 Å². The second-order valence-electron chi connectivity index (χ2n) is 4.10. The molecule has 0 aliphatic carbocycles. The van der Waals surface area contributed by atoms with Gasteiger partial charge >= 0.3 is 0 Å². The zero-order valence-corrected chi connectivity index (χ0v) is 10.0. The minimum atomic E-state index is -0.272. The van der Waals surface area contributed by atoms with Gasteiger partial charge in [0.05, 0.1) is 12.3 Å². The maximum absolute atomic E-state index is 13.1. The van der Waals surface area contributed by atoms with E-state index in [9.17, 15) is 4.39 Å². The number of halogens is 1. The van der Waals surface area contributed by atoms with Crippen molar-refractivity contribution in [2.24, 2.45) is 0 Å². The van der Waals surface area contributed by atoms with Crippen LogP contribution in [0.25, 0.3) is 0 Å². The van der Waals surface area contributed by atoms with Gasteiger partial charge in [-0.25, -0.2) is 4.39 Å². The molecular formula is C13H18FNO2. The molecular weight excluding hydrogens is 221 g/mol. The van der Waals surface area contributed by atoms with Gasteiger partial charge in [0.1, 0.15) is 11.6 Å². The molecule has 1 aliphatic rings. The van der Waals surface area contributed by atoms with Crippen LogP contribution in [-0.4, -0.2) is 25.9 Å². The monoisotopic (exact) mass is 239 g/mol. The van der Waals surface area contributed by atoms with Gasteiger partial charge in [-0.15, -0.1) is 0 Å². The maximum atomic E-state index is 13.1. The van der Waals surface area contributed by atoms with Crippen molar-refractivity contribution in [3.8, 4) is 5.75 Å². The summed E-state index contributed by atoms with van der Waals surface area (Å²) in [6.45, 7) is 3.99. The fourth-order valence-corrected chi connectivity index (χ4v) is 1.95. The van der Waals surface area contributed by atoms with Crippen LogP contribution in [0, 0.1) is 5.82 Å². The molecule has 0 atom stereocenters. The van der Waals surface area contributed by atoms with Gasteiger partial charge in [0.2, 0.25) is 0 Å². The normalized spacial score (nSPS) is 16.8. The first-order chi connectivity index (χ1) is 8.29. The smallest absolute Gasteiger partial charge is 0.145 e. The first-order valence-corrected chi connectivity index (χ1v) is 6.06. The van der Waals surface area contributed by atoms with E-state index in [1.54, 1.807) is 6.07 Å². The van der Waals surface area contributed by atoms with Crippen LogP contribution >= 0.6 is 0 Å². The molecule has 0 spiro atoms. The minimum Gasteiger partial charge on any atom is -0.492 e. The van der Waals surface area contributed by atoms with Crippen LogP contribution in [0.15, 0.2) is 18.2 Å². The van der Waals surface area contributed by atoms with Gasteiger partial charge in [-0.3, -0.25) is 0 Å². The molecule has 1 heterocycles. The van der Waals surface area contributed by atoms with Crippen molar-refractivity contribution < 1.29 is 13.9 Å². The van der Waals surface area contributed by atoms with Crippen molar-refractivity contribution in [1.29, 1.82) is 0 Å². The SMILES string of the molecule is CCOc1cc(F)ccc1NC1CCOCC1. The molecule has 1 N–H and O–H groups in total. The maximum Gasteiger partial charge on any atom is 0.145 e. The summed E-state index contributed by atoms with van der Waals surface area (Å²) in [6, 6.07) is 4.99. The van der Waals surface area contributed by atoms with E-state index in [0.29, 0.717) is 18.4 Å². The summed E-state index contributed by atoms with van der Waals surface area (Å²) in [5, 5.41) is 3.39. The Morgan fingerprint density at radius 3 is 2.88 bits per heavy atom. The van der Waals surface area contributed by atoms with Crippen LogP contribution in [0.2, 0.25) is 0 Å². The van der Waals surface area contributed by atoms with Crippen molar-refractivity contribution in [2.75, 3.05) is 25.1 Å². The lowest BCUT2D eigenvalue weighted by atomic mass is 10.1. The Hall–Kier alpha value is -1.29. The summed E-state index contributed by atoms with van der Waals surface area (Å²) < 4.78 is 23.8. The molecule has 0 amide bonds. The third-order valence-electron chi connectivity index (χ3n) is 2.82. The van der Waals surface area contributed by atoms with Crippen molar-refractivity contribution in [2.45, 2.75) is 25.8 Å². The minimum absolute atomic E-state index is 0.272. The zero-order chi connectivity index (χ0) is 12.1. The third kappa shape index (κ3) is 3.33. The number of rotatable bonds is 4. The summed E-state index contributed by atoms with van der Waals surface area (Å²) in [7, 11) is 0. The molecule has 4 heteroatoms. The van der Waals surface area contributed by atoms with Crippen molar-refractivity contribution in [3.05, 3.63) is 24.0 Å². The fourth-order valence-electron chi connectivity index (χ4n) is 1.95. The van der Waals surface area contributed by atoms with Crippen molar-refractivity contribution in [3.63, 3.8) is 0 Å². The second-order valence-corrected chi connectivity index (χ2v) is 4.10. The van der Waals surface area contributed by atoms with Crippen LogP contribution in [0.3, 0.4) is 0 Å². The molecule has 1 aromatic rings. The van der Waals surface area contributed by atoms with Gasteiger partial charge in [-0.05, 0) is 31.9 Å². The number of hydrogen-bond acceptors (Lipinski definition) is 3. The summed E-state index contributed by atoms with van der Waals surface area (Å²) in [5.41, 5.74) is 0.861. The van der Waals surface area contributed by atoms with E-state index < -0.39 is 0 Å². The molecule has 3 nitrogen and oxygen atoms in total. The molecule has 1 fully saturated rings. The lowest BCUT2D eigenvalue weighted by molar-refractivity contribution is 0.0904. The molecule has 1 aliphatic heterocycles. The number of anilines is 1. The summed E-state index contributed by atoms with van der Waals surface area (Å²) in [5.74, 6) is 0.310. The quantitative estimate of drug-likeness (QED) is 0.876. The average molecular weight is 239 g/mol. The highest BCUT2D eigenvalue weighted by atomic mass is 19.1. The van der Waals surface area contributed by atoms with Gasteiger partial charge in [-0.1, -0.05) is 0 Å². The Kier molecular flexibility index (Phi) is 4.20. The molecule has 1 aromatic carbocycles. The average Bonchev–Trinajstić information content (AvgIpc) is 2.34. The highest BCUT2D eigenvalue weighted by Crippen LogP contribution is 2.27. The Bertz CT molecular complexity index is 364. The van der Waals surface area contributed by atoms with Gasteiger partial charge in [0, 0.05) is 25.3 Å². The topological polar surface area (TPSA) is 30.5 Å². The van der Waals surface area contributed by atoms with Gasteiger partial charge in [0.15, 0.2) is 0 Å². The zero-order valence-electron chi connectivity index (χ0n) is 10.0. The molecule has 0 unspecified atom stereocenters. The lowest BCUT2D eigenvalue weighted by Crippen LogP contribution is -2.28. The van der Waals surface area contributed by atoms with Crippen molar-refractivity contribution >= 4 is 5.69 Å². The molecule has 0 radical (unpaired) electrons. The van der Waals surface area contributed by atoms with Gasteiger partial charge in [0.25, 0.3) is 0 Å². The van der Waals surface area contributed by atoms with Crippen LogP contribution in [0.5, 0.6) is 5.75 Å². The second kappa shape index (κ2) is 5.87. The third-order valence-corrected chi connectivity index (χ3v) is 2.82. The Labute approximate surface area is 101 Å². The largest absolute Gasteiger partial charge is 0.492 e. The van der Waals surface area contributed by atoms with E-state index in [0.717, 1.165) is 31.7 Å². The Balaban J connectivity index is 2.07. The molecule has 0 aromatic heterocycles. The van der Waals surface area contributed by atoms with Crippen LogP contribution in [0.4, 0.5) is 10.1 Å². The van der Waals surface area contributed by atoms with E-state index in [4.69, 9.17) is 9.47 Å². The van der Waals surface area contributed by atoms with E-state index in [1.165, 1.54) is 12.1 Å². The van der Waals surface area contributed by atoms with Crippen LogP contribution in [0.1, 0.15) is 19.8 Å². The Morgan fingerprint density at radius 2 is 2.18 bits per heavy atom. The lowest BCUT2D eigenvalue weighted by Gasteiger charge is -2.25.